The molecule has 0 saturated carbocycles. The van der Waals surface area contributed by atoms with Crippen molar-refractivity contribution in [1.29, 1.82) is 0 Å². The van der Waals surface area contributed by atoms with Crippen molar-refractivity contribution in [1.82, 2.24) is 0 Å². The summed E-state index contributed by atoms with van der Waals surface area (Å²) < 4.78 is 27.5. The van der Waals surface area contributed by atoms with Gasteiger partial charge in [-0.3, -0.25) is 14.5 Å². The quantitative estimate of drug-likeness (QED) is 0.627. The largest absolute Gasteiger partial charge is 0.304 e. The highest BCUT2D eigenvalue weighted by Crippen LogP contribution is 2.55. The van der Waals surface area contributed by atoms with Gasteiger partial charge in [-0.2, -0.15) is 0 Å². The zero-order valence-electron chi connectivity index (χ0n) is 15.7. The molecule has 3 aromatic rings. The summed E-state index contributed by atoms with van der Waals surface area (Å²) >= 11 is 1.21. The summed E-state index contributed by atoms with van der Waals surface area (Å²) in [5, 5.41) is 0. The van der Waals surface area contributed by atoms with Gasteiger partial charge in [0.2, 0.25) is 10.8 Å². The average molecular weight is 422 g/mol. The summed E-state index contributed by atoms with van der Waals surface area (Å²) in [5.41, 5.74) is 2.49. The lowest BCUT2D eigenvalue weighted by atomic mass is 10.0. The van der Waals surface area contributed by atoms with Gasteiger partial charge in [0, 0.05) is 17.3 Å². The lowest BCUT2D eigenvalue weighted by Gasteiger charge is -2.33. The molecule has 1 spiro atoms. The minimum atomic E-state index is -1.34. The fourth-order valence-corrected chi connectivity index (χ4v) is 5.46. The first kappa shape index (κ1) is 18.8. The highest BCUT2D eigenvalue weighted by atomic mass is 32.2. The lowest BCUT2D eigenvalue weighted by molar-refractivity contribution is -0.123. The van der Waals surface area contributed by atoms with Crippen molar-refractivity contribution in [2.75, 3.05) is 15.6 Å². The molecule has 2 aliphatic heterocycles. The number of rotatable bonds is 3. The van der Waals surface area contributed by atoms with Crippen molar-refractivity contribution in [3.63, 3.8) is 0 Å². The molecule has 0 radical (unpaired) electrons. The minimum Gasteiger partial charge on any atom is -0.304 e. The van der Waals surface area contributed by atoms with E-state index < -0.39 is 16.5 Å². The van der Waals surface area contributed by atoms with Crippen LogP contribution in [-0.2, 0) is 21.0 Å². The average Bonchev–Trinajstić information content (AvgIpc) is 3.22. The minimum absolute atomic E-state index is 0.0677. The maximum atomic E-state index is 14.0. The molecule has 5 rings (SSSR count). The SMILES string of the molecule is O=C1CS[C@]2(C(=O)N(Cc3ccccc3)c3ccccc32)N1c1ccc(F)c(F)c1. The Labute approximate surface area is 176 Å². The van der Waals surface area contributed by atoms with E-state index in [0.29, 0.717) is 17.8 Å². The number of carbonyl (C=O) groups excluding carboxylic acids is 2. The lowest BCUT2D eigenvalue weighted by Crippen LogP contribution is -2.49. The second-order valence-electron chi connectivity index (χ2n) is 7.15. The van der Waals surface area contributed by atoms with Crippen LogP contribution in [0.2, 0.25) is 0 Å². The van der Waals surface area contributed by atoms with Gasteiger partial charge in [0.25, 0.3) is 5.91 Å². The normalized spacial score (nSPS) is 20.3. The molecule has 4 nitrogen and oxygen atoms in total. The van der Waals surface area contributed by atoms with Crippen LogP contribution < -0.4 is 9.80 Å². The standard InChI is InChI=1S/C23H16F2N2O2S/c24-18-11-10-16(12-19(18)25)27-21(28)14-30-23(27)17-8-4-5-9-20(17)26(22(23)29)13-15-6-2-1-3-7-15/h1-12H,13-14H2/t23-/m1/s1. The van der Waals surface area contributed by atoms with Crippen LogP contribution in [0.4, 0.5) is 20.2 Å². The molecular formula is C23H16F2N2O2S. The van der Waals surface area contributed by atoms with Crippen LogP contribution in [0.1, 0.15) is 11.1 Å². The van der Waals surface area contributed by atoms with Crippen molar-refractivity contribution in [2.45, 2.75) is 11.4 Å². The molecule has 0 aliphatic carbocycles. The first-order chi connectivity index (χ1) is 14.5. The molecule has 2 heterocycles. The second-order valence-corrected chi connectivity index (χ2v) is 8.32. The van der Waals surface area contributed by atoms with Crippen molar-refractivity contribution in [3.8, 4) is 0 Å². The molecule has 1 atom stereocenters. The van der Waals surface area contributed by atoms with E-state index in [1.54, 1.807) is 4.90 Å². The predicted molar refractivity (Wildman–Crippen MR) is 112 cm³/mol. The van der Waals surface area contributed by atoms with E-state index in [9.17, 15) is 18.4 Å². The summed E-state index contributed by atoms with van der Waals surface area (Å²) in [6.07, 6.45) is 0. The molecular weight excluding hydrogens is 406 g/mol. The van der Waals surface area contributed by atoms with Gasteiger partial charge in [-0.15, -0.1) is 11.8 Å². The van der Waals surface area contributed by atoms with Gasteiger partial charge in [-0.25, -0.2) is 8.78 Å². The zero-order valence-corrected chi connectivity index (χ0v) is 16.5. The van der Waals surface area contributed by atoms with E-state index >= 15 is 0 Å². The topological polar surface area (TPSA) is 40.6 Å². The Morgan fingerprint density at radius 3 is 2.40 bits per heavy atom. The van der Waals surface area contributed by atoms with E-state index in [4.69, 9.17) is 0 Å². The van der Waals surface area contributed by atoms with Gasteiger partial charge in [0.1, 0.15) is 0 Å². The summed E-state index contributed by atoms with van der Waals surface area (Å²) in [6.45, 7) is 0.346. The monoisotopic (exact) mass is 422 g/mol. The Morgan fingerprint density at radius 2 is 1.63 bits per heavy atom. The number of nitrogens with zero attached hydrogens (tertiary/aromatic N) is 2. The first-order valence-electron chi connectivity index (χ1n) is 9.40. The van der Waals surface area contributed by atoms with E-state index in [1.807, 2.05) is 54.6 Å². The number of thioether (sulfide) groups is 1. The van der Waals surface area contributed by atoms with Gasteiger partial charge in [0.15, 0.2) is 11.6 Å². The number of benzene rings is 3. The van der Waals surface area contributed by atoms with Gasteiger partial charge in [-0.05, 0) is 23.8 Å². The summed E-state index contributed by atoms with van der Waals surface area (Å²) in [7, 11) is 0. The number of fused-ring (bicyclic) bond motifs is 2. The van der Waals surface area contributed by atoms with Gasteiger partial charge < -0.3 is 4.90 Å². The summed E-state index contributed by atoms with van der Waals surface area (Å²) in [5.74, 6) is -2.59. The molecule has 0 N–H and O–H groups in total. The Bertz CT molecular complexity index is 1170. The molecule has 150 valence electrons. The van der Waals surface area contributed by atoms with Gasteiger partial charge in [-0.1, -0.05) is 48.5 Å². The smallest absolute Gasteiger partial charge is 0.269 e. The van der Waals surface area contributed by atoms with Crippen LogP contribution in [0.25, 0.3) is 0 Å². The molecule has 1 fully saturated rings. The molecule has 2 amide bonds. The second kappa shape index (κ2) is 6.95. The third-order valence-electron chi connectivity index (χ3n) is 5.41. The summed E-state index contributed by atoms with van der Waals surface area (Å²) in [4.78, 5) is 28.3. The third-order valence-corrected chi connectivity index (χ3v) is 6.79. The Kier molecular flexibility index (Phi) is 4.36. The molecule has 1 saturated heterocycles. The van der Waals surface area contributed by atoms with Crippen molar-refractivity contribution in [3.05, 3.63) is 95.6 Å². The number of anilines is 2. The first-order valence-corrected chi connectivity index (χ1v) is 10.4. The van der Waals surface area contributed by atoms with Crippen LogP contribution >= 0.6 is 11.8 Å². The van der Waals surface area contributed by atoms with Crippen molar-refractivity contribution < 1.29 is 18.4 Å². The Hall–Kier alpha value is -3.19. The Morgan fingerprint density at radius 1 is 0.900 bits per heavy atom. The molecule has 0 bridgehead atoms. The Balaban J connectivity index is 1.66. The molecule has 0 unspecified atom stereocenters. The molecule has 3 aromatic carbocycles. The van der Waals surface area contributed by atoms with Crippen LogP contribution in [0.15, 0.2) is 72.8 Å². The van der Waals surface area contributed by atoms with E-state index in [1.165, 1.54) is 22.7 Å². The van der Waals surface area contributed by atoms with E-state index in [2.05, 4.69) is 0 Å². The van der Waals surface area contributed by atoms with Crippen LogP contribution in [0.3, 0.4) is 0 Å². The molecule has 2 aliphatic rings. The number of hydrogen-bond donors (Lipinski definition) is 0. The highest BCUT2D eigenvalue weighted by Gasteiger charge is 2.60. The van der Waals surface area contributed by atoms with Crippen molar-refractivity contribution >= 4 is 35.0 Å². The predicted octanol–water partition coefficient (Wildman–Crippen LogP) is 4.44. The van der Waals surface area contributed by atoms with Gasteiger partial charge in [0.05, 0.1) is 18.0 Å². The van der Waals surface area contributed by atoms with Crippen LogP contribution in [0.5, 0.6) is 0 Å². The highest BCUT2D eigenvalue weighted by molar-refractivity contribution is 8.02. The van der Waals surface area contributed by atoms with Crippen LogP contribution in [0, 0.1) is 11.6 Å². The maximum Gasteiger partial charge on any atom is 0.269 e. The number of amides is 2. The van der Waals surface area contributed by atoms with E-state index in [-0.39, 0.29) is 23.3 Å². The summed E-state index contributed by atoms with van der Waals surface area (Å²) in [6, 6.07) is 20.2. The number of hydrogen-bond acceptors (Lipinski definition) is 3. The number of para-hydroxylation sites is 1. The third kappa shape index (κ3) is 2.65. The fraction of sp³-hybridized carbons (Fsp3) is 0.130. The number of carbonyl (C=O) groups is 2. The van der Waals surface area contributed by atoms with Crippen LogP contribution in [-0.4, -0.2) is 17.6 Å². The molecule has 0 aromatic heterocycles. The van der Waals surface area contributed by atoms with Gasteiger partial charge >= 0.3 is 0 Å². The maximum absolute atomic E-state index is 14.0. The molecule has 7 heteroatoms. The van der Waals surface area contributed by atoms with Crippen molar-refractivity contribution in [2.24, 2.45) is 0 Å². The fourth-order valence-electron chi connectivity index (χ4n) is 4.10. The zero-order chi connectivity index (χ0) is 20.9. The number of halogens is 2. The van der Waals surface area contributed by atoms with E-state index in [0.717, 1.165) is 17.7 Å². The molecule has 30 heavy (non-hydrogen) atoms.